The molecule has 2 N–H and O–H groups in total. The van der Waals surface area contributed by atoms with Gasteiger partial charge >= 0.3 is 0 Å². The first-order chi connectivity index (χ1) is 6.24. The van der Waals surface area contributed by atoms with Crippen LogP contribution in [0.25, 0.3) is 0 Å². The zero-order chi connectivity index (χ0) is 9.68. The molecule has 5 nitrogen and oxygen atoms in total. The second-order valence-electron chi connectivity index (χ2n) is 2.69. The summed E-state index contributed by atoms with van der Waals surface area (Å²) >= 11 is 0. The number of aromatic nitrogens is 3. The van der Waals surface area contributed by atoms with Gasteiger partial charge in [0.15, 0.2) is 0 Å². The highest BCUT2D eigenvalue weighted by Crippen LogP contribution is 1.97. The molecule has 0 saturated heterocycles. The van der Waals surface area contributed by atoms with Gasteiger partial charge in [-0.25, -0.2) is 15.0 Å². The normalized spacial score (nSPS) is 9.92. The second kappa shape index (κ2) is 4.49. The first kappa shape index (κ1) is 9.57. The van der Waals surface area contributed by atoms with Crippen LogP contribution in [-0.2, 0) is 6.42 Å². The fraction of sp³-hybridized carbons (Fsp3) is 0.500. The van der Waals surface area contributed by atoms with Crippen LogP contribution >= 0.6 is 0 Å². The Morgan fingerprint density at radius 1 is 1.54 bits per heavy atom. The molecule has 70 valence electrons. The Morgan fingerprint density at radius 3 is 2.92 bits per heavy atom. The number of amides is 1. The molecule has 0 aliphatic carbocycles. The van der Waals surface area contributed by atoms with Gasteiger partial charge in [-0.05, 0) is 6.42 Å². The zero-order valence-corrected chi connectivity index (χ0v) is 7.53. The van der Waals surface area contributed by atoms with E-state index in [0.717, 1.165) is 19.3 Å². The highest BCUT2D eigenvalue weighted by molar-refractivity contribution is 5.88. The topological polar surface area (TPSA) is 81.8 Å². The van der Waals surface area contributed by atoms with Gasteiger partial charge in [0.1, 0.15) is 12.2 Å². The molecule has 1 aromatic rings. The Bertz CT molecular complexity index is 300. The van der Waals surface area contributed by atoms with E-state index in [9.17, 15) is 4.79 Å². The molecule has 0 aromatic carbocycles. The first-order valence-electron chi connectivity index (χ1n) is 4.21. The maximum Gasteiger partial charge on any atom is 0.286 e. The highest BCUT2D eigenvalue weighted by atomic mass is 16.1. The van der Waals surface area contributed by atoms with Crippen LogP contribution in [0, 0.1) is 0 Å². The molecule has 0 atom stereocenters. The molecule has 0 spiro atoms. The highest BCUT2D eigenvalue weighted by Gasteiger charge is 2.04. The van der Waals surface area contributed by atoms with Gasteiger partial charge in [-0.1, -0.05) is 13.3 Å². The molecule has 1 heterocycles. The first-order valence-corrected chi connectivity index (χ1v) is 4.21. The number of unbranched alkanes of at least 4 members (excludes halogenated alkanes) is 1. The average molecular weight is 180 g/mol. The Balaban J connectivity index is 2.73. The summed E-state index contributed by atoms with van der Waals surface area (Å²) in [5.41, 5.74) is 5.02. The van der Waals surface area contributed by atoms with Crippen LogP contribution in [-0.4, -0.2) is 20.9 Å². The third-order valence-corrected chi connectivity index (χ3v) is 1.60. The quantitative estimate of drug-likeness (QED) is 0.723. The van der Waals surface area contributed by atoms with Crippen LogP contribution in [0.3, 0.4) is 0 Å². The number of hydrogen-bond acceptors (Lipinski definition) is 4. The van der Waals surface area contributed by atoms with Crippen LogP contribution in [0.1, 0.15) is 36.2 Å². The van der Waals surface area contributed by atoms with E-state index in [0.29, 0.717) is 5.82 Å². The monoisotopic (exact) mass is 180 g/mol. The lowest BCUT2D eigenvalue weighted by molar-refractivity contribution is 0.0989. The van der Waals surface area contributed by atoms with E-state index in [4.69, 9.17) is 5.73 Å². The van der Waals surface area contributed by atoms with Crippen molar-refractivity contribution in [2.24, 2.45) is 5.73 Å². The summed E-state index contributed by atoms with van der Waals surface area (Å²) in [7, 11) is 0. The van der Waals surface area contributed by atoms with E-state index in [1.165, 1.54) is 6.33 Å². The average Bonchev–Trinajstić information content (AvgIpc) is 2.15. The summed E-state index contributed by atoms with van der Waals surface area (Å²) < 4.78 is 0. The van der Waals surface area contributed by atoms with Gasteiger partial charge < -0.3 is 5.73 Å². The van der Waals surface area contributed by atoms with E-state index in [2.05, 4.69) is 21.9 Å². The van der Waals surface area contributed by atoms with Gasteiger partial charge in [-0.15, -0.1) is 0 Å². The van der Waals surface area contributed by atoms with Crippen LogP contribution in [0.5, 0.6) is 0 Å². The van der Waals surface area contributed by atoms with E-state index in [-0.39, 0.29) is 5.82 Å². The molecule has 1 amide bonds. The molecule has 0 fully saturated rings. The standard InChI is InChI=1S/C8H12N4O/c1-2-3-4-6-10-5-11-8(12-6)7(9)13/h5H,2-4H2,1H3,(H2,9,13). The van der Waals surface area contributed by atoms with Crippen molar-refractivity contribution in [3.05, 3.63) is 18.0 Å². The Hall–Kier alpha value is -1.52. The van der Waals surface area contributed by atoms with Gasteiger partial charge in [0.05, 0.1) is 0 Å². The van der Waals surface area contributed by atoms with Crippen molar-refractivity contribution in [1.29, 1.82) is 0 Å². The molecule has 0 aliphatic rings. The number of rotatable bonds is 4. The molecule has 0 saturated carbocycles. The Morgan fingerprint density at radius 2 is 2.31 bits per heavy atom. The van der Waals surface area contributed by atoms with Crippen molar-refractivity contribution >= 4 is 5.91 Å². The van der Waals surface area contributed by atoms with Crippen molar-refractivity contribution in [3.8, 4) is 0 Å². The number of nitrogens with two attached hydrogens (primary N) is 1. The Kier molecular flexibility index (Phi) is 3.31. The predicted octanol–water partition coefficient (Wildman–Crippen LogP) is 0.313. The minimum atomic E-state index is -0.611. The number of primary amides is 1. The fourth-order valence-electron chi connectivity index (χ4n) is 0.904. The maximum atomic E-state index is 10.7. The van der Waals surface area contributed by atoms with Crippen molar-refractivity contribution in [2.75, 3.05) is 0 Å². The third kappa shape index (κ3) is 2.77. The van der Waals surface area contributed by atoms with E-state index >= 15 is 0 Å². The minimum absolute atomic E-state index is 0.0427. The molecular formula is C8H12N4O. The smallest absolute Gasteiger partial charge is 0.286 e. The van der Waals surface area contributed by atoms with Crippen LogP contribution in [0.4, 0.5) is 0 Å². The van der Waals surface area contributed by atoms with Crippen LogP contribution < -0.4 is 5.73 Å². The number of carbonyl (C=O) groups is 1. The van der Waals surface area contributed by atoms with Crippen LogP contribution in [0.15, 0.2) is 6.33 Å². The van der Waals surface area contributed by atoms with Gasteiger partial charge in [0, 0.05) is 6.42 Å². The summed E-state index contributed by atoms with van der Waals surface area (Å²) in [5.74, 6) is 0.0619. The van der Waals surface area contributed by atoms with Crippen molar-refractivity contribution in [2.45, 2.75) is 26.2 Å². The largest absolute Gasteiger partial charge is 0.363 e. The number of aryl methyl sites for hydroxylation is 1. The SMILES string of the molecule is CCCCc1ncnc(C(N)=O)n1. The number of nitrogens with zero attached hydrogens (tertiary/aromatic N) is 3. The summed E-state index contributed by atoms with van der Waals surface area (Å²) in [6, 6.07) is 0. The van der Waals surface area contributed by atoms with Gasteiger partial charge in [-0.2, -0.15) is 0 Å². The fourth-order valence-corrected chi connectivity index (χ4v) is 0.904. The maximum absolute atomic E-state index is 10.7. The summed E-state index contributed by atoms with van der Waals surface area (Å²) in [5, 5.41) is 0. The molecule has 0 radical (unpaired) electrons. The molecule has 1 aromatic heterocycles. The molecular weight excluding hydrogens is 168 g/mol. The molecule has 0 unspecified atom stereocenters. The van der Waals surface area contributed by atoms with Crippen LogP contribution in [0.2, 0.25) is 0 Å². The van der Waals surface area contributed by atoms with Gasteiger partial charge in [-0.3, -0.25) is 4.79 Å². The third-order valence-electron chi connectivity index (χ3n) is 1.60. The zero-order valence-electron chi connectivity index (χ0n) is 7.53. The lowest BCUT2D eigenvalue weighted by atomic mass is 10.2. The molecule has 13 heavy (non-hydrogen) atoms. The number of carbonyl (C=O) groups excluding carboxylic acids is 1. The van der Waals surface area contributed by atoms with Crippen molar-refractivity contribution < 1.29 is 4.79 Å². The molecule has 0 bridgehead atoms. The van der Waals surface area contributed by atoms with E-state index in [1.54, 1.807) is 0 Å². The van der Waals surface area contributed by atoms with Crippen molar-refractivity contribution in [3.63, 3.8) is 0 Å². The van der Waals surface area contributed by atoms with E-state index in [1.807, 2.05) is 0 Å². The predicted molar refractivity (Wildman–Crippen MR) is 47.0 cm³/mol. The van der Waals surface area contributed by atoms with Gasteiger partial charge in [0.2, 0.25) is 5.82 Å². The molecule has 1 rings (SSSR count). The van der Waals surface area contributed by atoms with E-state index < -0.39 is 5.91 Å². The lowest BCUT2D eigenvalue weighted by Gasteiger charge is -1.98. The summed E-state index contributed by atoms with van der Waals surface area (Å²) in [4.78, 5) is 22.2. The lowest BCUT2D eigenvalue weighted by Crippen LogP contribution is -2.16. The Labute approximate surface area is 76.4 Å². The molecule has 0 aliphatic heterocycles. The molecule has 5 heteroatoms. The number of hydrogen-bond donors (Lipinski definition) is 1. The second-order valence-corrected chi connectivity index (χ2v) is 2.69. The van der Waals surface area contributed by atoms with Crippen molar-refractivity contribution in [1.82, 2.24) is 15.0 Å². The minimum Gasteiger partial charge on any atom is -0.363 e. The summed E-state index contributed by atoms with van der Waals surface area (Å²) in [6.07, 6.45) is 4.15. The van der Waals surface area contributed by atoms with Gasteiger partial charge in [0.25, 0.3) is 5.91 Å². The summed E-state index contributed by atoms with van der Waals surface area (Å²) in [6.45, 7) is 2.08.